The zero-order chi connectivity index (χ0) is 18.5. The number of rotatable bonds is 2. The summed E-state index contributed by atoms with van der Waals surface area (Å²) in [7, 11) is 2.07. The maximum atomic E-state index is 13.4. The van der Waals surface area contributed by atoms with Crippen LogP contribution in [-0.2, 0) is 11.8 Å². The first-order chi connectivity index (χ1) is 13.1. The molecule has 1 aromatic heterocycles. The van der Waals surface area contributed by atoms with Crippen LogP contribution in [0.15, 0.2) is 65.9 Å². The van der Waals surface area contributed by atoms with E-state index in [4.69, 9.17) is 11.6 Å². The van der Waals surface area contributed by atoms with Crippen molar-refractivity contribution in [2.24, 2.45) is 7.05 Å². The maximum absolute atomic E-state index is 13.4. The van der Waals surface area contributed by atoms with E-state index in [1.807, 2.05) is 29.2 Å². The van der Waals surface area contributed by atoms with Gasteiger partial charge < -0.3 is 4.57 Å². The van der Waals surface area contributed by atoms with Crippen LogP contribution in [0.5, 0.6) is 0 Å². The highest BCUT2D eigenvalue weighted by Crippen LogP contribution is 2.48. The molecule has 2 aromatic carbocycles. The first-order valence-corrected chi connectivity index (χ1v) is 9.88. The van der Waals surface area contributed by atoms with E-state index in [2.05, 4.69) is 42.1 Å². The second-order valence-electron chi connectivity index (χ2n) is 7.48. The first kappa shape index (κ1) is 16.6. The Morgan fingerprint density at radius 1 is 1.00 bits per heavy atom. The second kappa shape index (κ2) is 6.28. The van der Waals surface area contributed by atoms with Crippen LogP contribution >= 0.6 is 11.6 Å². The number of hydrogen-bond donors (Lipinski definition) is 0. The molecule has 0 N–H and O–H groups in total. The number of aromatic nitrogens is 1. The lowest BCUT2D eigenvalue weighted by Crippen LogP contribution is -2.30. The Kier molecular flexibility index (Phi) is 3.87. The van der Waals surface area contributed by atoms with Crippen LogP contribution in [0.1, 0.15) is 37.3 Å². The Morgan fingerprint density at radius 2 is 1.74 bits per heavy atom. The molecule has 1 aliphatic heterocycles. The van der Waals surface area contributed by atoms with Crippen molar-refractivity contribution in [1.82, 2.24) is 4.57 Å². The summed E-state index contributed by atoms with van der Waals surface area (Å²) in [6.07, 6.45) is 6.33. The number of amides is 1. The summed E-state index contributed by atoms with van der Waals surface area (Å²) in [4.78, 5) is 15.4. The summed E-state index contributed by atoms with van der Waals surface area (Å²) in [5.74, 6) is 0.157. The van der Waals surface area contributed by atoms with E-state index in [-0.39, 0.29) is 11.9 Å². The number of para-hydroxylation sites is 1. The molecule has 0 saturated heterocycles. The highest BCUT2D eigenvalue weighted by atomic mass is 35.5. The SMILES string of the molecule is Cn1cc(C2C3=C(CCCC3)C(=O)N2c2ccc(Cl)cc2)c2ccccc21. The molecule has 1 atom stereocenters. The number of carbonyl (C=O) groups is 1. The number of carbonyl (C=O) groups excluding carboxylic acids is 1. The van der Waals surface area contributed by atoms with Gasteiger partial charge >= 0.3 is 0 Å². The summed E-state index contributed by atoms with van der Waals surface area (Å²) in [5.41, 5.74) is 5.65. The predicted octanol–water partition coefficient (Wildman–Crippen LogP) is 5.79. The standard InChI is InChI=1S/C23H21ClN2O/c1-25-14-20(17-6-4-5-9-21(17)25)22-18-7-2-3-8-19(18)23(27)26(22)16-12-10-15(24)11-13-16/h4-6,9-14,22H,2-3,7-8H2,1H3. The van der Waals surface area contributed by atoms with E-state index < -0.39 is 0 Å². The number of aryl methyl sites for hydroxylation is 1. The van der Waals surface area contributed by atoms with Crippen molar-refractivity contribution in [3.8, 4) is 0 Å². The van der Waals surface area contributed by atoms with Crippen molar-refractivity contribution in [3.05, 3.63) is 76.5 Å². The van der Waals surface area contributed by atoms with Crippen molar-refractivity contribution >= 4 is 34.1 Å². The normalized spacial score (nSPS) is 19.9. The van der Waals surface area contributed by atoms with Gasteiger partial charge in [-0.15, -0.1) is 0 Å². The average molecular weight is 377 g/mol. The minimum atomic E-state index is -0.0277. The van der Waals surface area contributed by atoms with Gasteiger partial charge in [0.2, 0.25) is 0 Å². The van der Waals surface area contributed by atoms with Crippen LogP contribution in [0.3, 0.4) is 0 Å². The van der Waals surface area contributed by atoms with Crippen molar-refractivity contribution in [1.29, 1.82) is 0 Å². The van der Waals surface area contributed by atoms with Crippen molar-refractivity contribution in [3.63, 3.8) is 0 Å². The van der Waals surface area contributed by atoms with Gasteiger partial charge in [0.05, 0.1) is 6.04 Å². The summed E-state index contributed by atoms with van der Waals surface area (Å²) < 4.78 is 2.16. The number of nitrogens with zero attached hydrogens (tertiary/aromatic N) is 2. The Morgan fingerprint density at radius 3 is 2.56 bits per heavy atom. The van der Waals surface area contributed by atoms with Gasteiger partial charge in [0, 0.05) is 46.0 Å². The second-order valence-corrected chi connectivity index (χ2v) is 7.91. The van der Waals surface area contributed by atoms with Gasteiger partial charge in [-0.25, -0.2) is 0 Å². The van der Waals surface area contributed by atoms with Gasteiger partial charge in [-0.1, -0.05) is 29.8 Å². The first-order valence-electron chi connectivity index (χ1n) is 9.50. The minimum Gasteiger partial charge on any atom is -0.350 e. The fraction of sp³-hybridized carbons (Fsp3) is 0.261. The highest BCUT2D eigenvalue weighted by Gasteiger charge is 2.42. The number of benzene rings is 2. The van der Waals surface area contributed by atoms with Crippen LogP contribution < -0.4 is 4.90 Å². The molecule has 2 aliphatic rings. The molecule has 2 heterocycles. The summed E-state index contributed by atoms with van der Waals surface area (Å²) in [6.45, 7) is 0. The largest absolute Gasteiger partial charge is 0.350 e. The predicted molar refractivity (Wildman–Crippen MR) is 110 cm³/mol. The third-order valence-corrected chi connectivity index (χ3v) is 6.15. The van der Waals surface area contributed by atoms with E-state index in [1.54, 1.807) is 0 Å². The minimum absolute atomic E-state index is 0.0277. The Hall–Kier alpha value is -2.52. The molecule has 1 aliphatic carbocycles. The quantitative estimate of drug-likeness (QED) is 0.555. The number of fused-ring (bicyclic) bond motifs is 1. The average Bonchev–Trinajstić information content (AvgIpc) is 3.18. The monoisotopic (exact) mass is 376 g/mol. The van der Waals surface area contributed by atoms with Crippen LogP contribution in [-0.4, -0.2) is 10.5 Å². The van der Waals surface area contributed by atoms with E-state index >= 15 is 0 Å². The molecule has 0 radical (unpaired) electrons. The number of halogens is 1. The van der Waals surface area contributed by atoms with Crippen molar-refractivity contribution in [2.45, 2.75) is 31.7 Å². The summed E-state index contributed by atoms with van der Waals surface area (Å²) in [5, 5.41) is 1.90. The van der Waals surface area contributed by atoms with Crippen molar-refractivity contribution in [2.75, 3.05) is 4.90 Å². The van der Waals surface area contributed by atoms with Crippen LogP contribution in [0.25, 0.3) is 10.9 Å². The lowest BCUT2D eigenvalue weighted by atomic mass is 9.87. The van der Waals surface area contributed by atoms with E-state index in [1.165, 1.54) is 22.0 Å². The van der Waals surface area contributed by atoms with Crippen LogP contribution in [0.2, 0.25) is 5.02 Å². The van der Waals surface area contributed by atoms with Crippen LogP contribution in [0.4, 0.5) is 5.69 Å². The molecule has 1 amide bonds. The summed E-state index contributed by atoms with van der Waals surface area (Å²) >= 11 is 6.09. The summed E-state index contributed by atoms with van der Waals surface area (Å²) in [6, 6.07) is 16.0. The lowest BCUT2D eigenvalue weighted by molar-refractivity contribution is -0.115. The molecular weight excluding hydrogens is 356 g/mol. The maximum Gasteiger partial charge on any atom is 0.255 e. The van der Waals surface area contributed by atoms with E-state index in [0.717, 1.165) is 36.9 Å². The van der Waals surface area contributed by atoms with E-state index in [0.29, 0.717) is 5.02 Å². The highest BCUT2D eigenvalue weighted by molar-refractivity contribution is 6.30. The molecule has 5 rings (SSSR count). The van der Waals surface area contributed by atoms with Crippen LogP contribution in [0, 0.1) is 0 Å². The lowest BCUT2D eigenvalue weighted by Gasteiger charge is -2.27. The molecule has 0 spiro atoms. The fourth-order valence-corrected chi connectivity index (χ4v) is 4.80. The number of hydrogen-bond acceptors (Lipinski definition) is 1. The molecule has 0 saturated carbocycles. The zero-order valence-corrected chi connectivity index (χ0v) is 16.0. The van der Waals surface area contributed by atoms with Gasteiger partial charge in [-0.2, -0.15) is 0 Å². The molecule has 4 heteroatoms. The third kappa shape index (κ3) is 2.53. The van der Waals surface area contributed by atoms with E-state index in [9.17, 15) is 4.79 Å². The third-order valence-electron chi connectivity index (χ3n) is 5.90. The Bertz CT molecular complexity index is 1080. The van der Waals surface area contributed by atoms with Gasteiger partial charge in [-0.05, 0) is 61.6 Å². The fourth-order valence-electron chi connectivity index (χ4n) is 4.68. The van der Waals surface area contributed by atoms with Gasteiger partial charge in [-0.3, -0.25) is 9.69 Å². The molecule has 0 bridgehead atoms. The zero-order valence-electron chi connectivity index (χ0n) is 15.3. The van der Waals surface area contributed by atoms with Crippen molar-refractivity contribution < 1.29 is 4.79 Å². The molecule has 0 fully saturated rings. The molecule has 3 aromatic rings. The molecule has 27 heavy (non-hydrogen) atoms. The van der Waals surface area contributed by atoms with Gasteiger partial charge in [0.1, 0.15) is 0 Å². The van der Waals surface area contributed by atoms with Gasteiger partial charge in [0.25, 0.3) is 5.91 Å². The number of anilines is 1. The topological polar surface area (TPSA) is 25.2 Å². The molecule has 3 nitrogen and oxygen atoms in total. The molecule has 1 unspecified atom stereocenters. The van der Waals surface area contributed by atoms with Gasteiger partial charge in [0.15, 0.2) is 0 Å². The smallest absolute Gasteiger partial charge is 0.255 e. The molecular formula is C23H21ClN2O. The molecule has 136 valence electrons. The Balaban J connectivity index is 1.73. The Labute approximate surface area is 163 Å².